The van der Waals surface area contributed by atoms with Gasteiger partial charge in [-0.3, -0.25) is 4.79 Å². The molecule has 2 nitrogen and oxygen atoms in total. The number of benzene rings is 4. The SMILES string of the molecule is CCn1c2ccc(C(C)=O)cc2c2cc(C(c3ccccc3)c3ccccc3C)ccc21. The number of rotatable bonds is 5. The first kappa shape index (κ1) is 20.3. The zero-order chi connectivity index (χ0) is 22.2. The van der Waals surface area contributed by atoms with Crippen LogP contribution < -0.4 is 0 Å². The van der Waals surface area contributed by atoms with Crippen molar-refractivity contribution in [2.45, 2.75) is 33.2 Å². The Labute approximate surface area is 189 Å². The molecule has 1 atom stereocenters. The average Bonchev–Trinajstić information content (AvgIpc) is 3.13. The van der Waals surface area contributed by atoms with E-state index in [0.29, 0.717) is 0 Å². The van der Waals surface area contributed by atoms with Crippen molar-refractivity contribution in [2.24, 2.45) is 0 Å². The number of fused-ring (bicyclic) bond motifs is 3. The summed E-state index contributed by atoms with van der Waals surface area (Å²) in [6.45, 7) is 6.88. The molecule has 0 radical (unpaired) electrons. The standard InChI is InChI=1S/C30H27NO/c1-4-31-28-16-14-23(21(3)32)18-26(28)27-19-24(15-17-29(27)31)30(22-11-6-5-7-12-22)25-13-9-8-10-20(25)2/h5-19,30H,4H2,1-3H3. The van der Waals surface area contributed by atoms with E-state index >= 15 is 0 Å². The van der Waals surface area contributed by atoms with Crippen molar-refractivity contribution in [3.8, 4) is 0 Å². The van der Waals surface area contributed by atoms with Crippen molar-refractivity contribution in [3.05, 3.63) is 119 Å². The van der Waals surface area contributed by atoms with E-state index in [9.17, 15) is 4.79 Å². The molecule has 0 aliphatic heterocycles. The first-order valence-corrected chi connectivity index (χ1v) is 11.3. The predicted octanol–water partition coefficient (Wildman–Crippen LogP) is 7.51. The maximum absolute atomic E-state index is 12.1. The van der Waals surface area contributed by atoms with Gasteiger partial charge in [-0.25, -0.2) is 0 Å². The lowest BCUT2D eigenvalue weighted by molar-refractivity contribution is 0.101. The summed E-state index contributed by atoms with van der Waals surface area (Å²) < 4.78 is 2.34. The zero-order valence-electron chi connectivity index (χ0n) is 18.8. The molecular formula is C30H27NO. The number of hydrogen-bond acceptors (Lipinski definition) is 1. The Balaban J connectivity index is 1.80. The molecule has 0 bridgehead atoms. The van der Waals surface area contributed by atoms with Crippen LogP contribution in [0.2, 0.25) is 0 Å². The van der Waals surface area contributed by atoms with Crippen LogP contribution in [-0.2, 0) is 6.54 Å². The summed E-state index contributed by atoms with van der Waals surface area (Å²) in [5.41, 5.74) is 8.31. The average molecular weight is 418 g/mol. The van der Waals surface area contributed by atoms with Gasteiger partial charge in [-0.15, -0.1) is 0 Å². The molecule has 0 aliphatic rings. The van der Waals surface area contributed by atoms with Gasteiger partial charge in [0.15, 0.2) is 5.78 Å². The third-order valence-electron chi connectivity index (χ3n) is 6.58. The van der Waals surface area contributed by atoms with Gasteiger partial charge in [-0.05, 0) is 73.4 Å². The Morgan fingerprint density at radius 2 is 1.44 bits per heavy atom. The number of carbonyl (C=O) groups excluding carboxylic acids is 1. The van der Waals surface area contributed by atoms with E-state index in [0.717, 1.165) is 17.5 Å². The van der Waals surface area contributed by atoms with Crippen LogP contribution in [0.1, 0.15) is 52.4 Å². The quantitative estimate of drug-likeness (QED) is 0.214. The summed E-state index contributed by atoms with van der Waals surface area (Å²) in [5, 5.41) is 2.35. The van der Waals surface area contributed by atoms with Crippen LogP contribution in [0.5, 0.6) is 0 Å². The third-order valence-corrected chi connectivity index (χ3v) is 6.58. The van der Waals surface area contributed by atoms with Gasteiger partial charge in [0.05, 0.1) is 0 Å². The maximum Gasteiger partial charge on any atom is 0.159 e. The van der Waals surface area contributed by atoms with Crippen molar-refractivity contribution < 1.29 is 4.79 Å². The van der Waals surface area contributed by atoms with E-state index in [1.807, 2.05) is 6.07 Å². The van der Waals surface area contributed by atoms with Gasteiger partial charge in [-0.2, -0.15) is 0 Å². The molecule has 4 aromatic carbocycles. The maximum atomic E-state index is 12.1. The zero-order valence-corrected chi connectivity index (χ0v) is 18.8. The lowest BCUT2D eigenvalue weighted by Gasteiger charge is -2.21. The second-order valence-corrected chi connectivity index (χ2v) is 8.51. The summed E-state index contributed by atoms with van der Waals surface area (Å²) in [7, 11) is 0. The highest BCUT2D eigenvalue weighted by atomic mass is 16.1. The molecule has 0 spiro atoms. The molecule has 5 aromatic rings. The third kappa shape index (κ3) is 3.33. The summed E-state index contributed by atoms with van der Waals surface area (Å²) in [6, 6.07) is 32.3. The van der Waals surface area contributed by atoms with E-state index in [4.69, 9.17) is 0 Å². The van der Waals surface area contributed by atoms with E-state index in [-0.39, 0.29) is 11.7 Å². The molecule has 1 unspecified atom stereocenters. The molecule has 5 rings (SSSR count). The number of Topliss-reactive ketones (excluding diaryl/α,β-unsaturated/α-hetero) is 1. The molecule has 0 aliphatic carbocycles. The molecule has 0 fully saturated rings. The highest BCUT2D eigenvalue weighted by Crippen LogP contribution is 2.38. The first-order chi connectivity index (χ1) is 15.6. The number of hydrogen-bond donors (Lipinski definition) is 0. The summed E-state index contributed by atoms with van der Waals surface area (Å²) in [6.07, 6.45) is 0. The fraction of sp³-hybridized carbons (Fsp3) is 0.167. The van der Waals surface area contributed by atoms with Crippen LogP contribution in [0.25, 0.3) is 21.8 Å². The molecule has 2 heteroatoms. The minimum atomic E-state index is 0.0996. The van der Waals surface area contributed by atoms with Gasteiger partial charge >= 0.3 is 0 Å². The fourth-order valence-electron chi connectivity index (χ4n) is 4.97. The smallest absolute Gasteiger partial charge is 0.159 e. The molecule has 1 heterocycles. The Morgan fingerprint density at radius 1 is 0.781 bits per heavy atom. The topological polar surface area (TPSA) is 22.0 Å². The Bertz CT molecular complexity index is 1440. The molecule has 0 saturated heterocycles. The number of carbonyl (C=O) groups is 1. The van der Waals surface area contributed by atoms with Gasteiger partial charge in [0, 0.05) is 39.8 Å². The monoisotopic (exact) mass is 417 g/mol. The first-order valence-electron chi connectivity index (χ1n) is 11.3. The highest BCUT2D eigenvalue weighted by Gasteiger charge is 2.20. The van der Waals surface area contributed by atoms with Crippen molar-refractivity contribution in [3.63, 3.8) is 0 Å². The molecule has 0 saturated carbocycles. The van der Waals surface area contributed by atoms with E-state index in [2.05, 4.69) is 103 Å². The van der Waals surface area contributed by atoms with Crippen molar-refractivity contribution in [2.75, 3.05) is 0 Å². The number of ketones is 1. The van der Waals surface area contributed by atoms with E-state index in [1.54, 1.807) is 6.92 Å². The number of nitrogens with zero attached hydrogens (tertiary/aromatic N) is 1. The van der Waals surface area contributed by atoms with Gasteiger partial charge in [0.2, 0.25) is 0 Å². The van der Waals surface area contributed by atoms with Crippen LogP contribution in [0.3, 0.4) is 0 Å². The molecule has 0 N–H and O–H groups in total. The van der Waals surface area contributed by atoms with E-state index in [1.165, 1.54) is 38.7 Å². The predicted molar refractivity (Wildman–Crippen MR) is 134 cm³/mol. The number of aromatic nitrogens is 1. The van der Waals surface area contributed by atoms with Crippen LogP contribution in [-0.4, -0.2) is 10.4 Å². The Kier molecular flexibility index (Phi) is 5.14. The van der Waals surface area contributed by atoms with Crippen molar-refractivity contribution in [1.29, 1.82) is 0 Å². The van der Waals surface area contributed by atoms with Crippen LogP contribution >= 0.6 is 0 Å². The van der Waals surface area contributed by atoms with Crippen molar-refractivity contribution in [1.82, 2.24) is 4.57 Å². The van der Waals surface area contributed by atoms with Gasteiger partial charge in [0.25, 0.3) is 0 Å². The lowest BCUT2D eigenvalue weighted by Crippen LogP contribution is -2.05. The van der Waals surface area contributed by atoms with Crippen LogP contribution in [0.4, 0.5) is 0 Å². The highest BCUT2D eigenvalue weighted by molar-refractivity contribution is 6.11. The Morgan fingerprint density at radius 3 is 2.12 bits per heavy atom. The lowest BCUT2D eigenvalue weighted by atomic mass is 9.82. The van der Waals surface area contributed by atoms with Gasteiger partial charge in [-0.1, -0.05) is 60.7 Å². The van der Waals surface area contributed by atoms with Crippen LogP contribution in [0, 0.1) is 6.92 Å². The van der Waals surface area contributed by atoms with Gasteiger partial charge in [0.1, 0.15) is 0 Å². The second-order valence-electron chi connectivity index (χ2n) is 8.51. The fourth-order valence-corrected chi connectivity index (χ4v) is 4.97. The summed E-state index contributed by atoms with van der Waals surface area (Å²) in [5.74, 6) is 0.250. The largest absolute Gasteiger partial charge is 0.341 e. The van der Waals surface area contributed by atoms with Crippen LogP contribution in [0.15, 0.2) is 91.0 Å². The molecular weight excluding hydrogens is 390 g/mol. The molecule has 0 amide bonds. The summed E-state index contributed by atoms with van der Waals surface area (Å²) >= 11 is 0. The normalized spacial score (nSPS) is 12.3. The Hall–Kier alpha value is -3.65. The molecule has 32 heavy (non-hydrogen) atoms. The second kappa shape index (κ2) is 8.12. The molecule has 1 aromatic heterocycles. The minimum Gasteiger partial charge on any atom is -0.341 e. The van der Waals surface area contributed by atoms with E-state index < -0.39 is 0 Å². The summed E-state index contributed by atoms with van der Waals surface area (Å²) in [4.78, 5) is 12.1. The number of aryl methyl sites for hydroxylation is 2. The van der Waals surface area contributed by atoms with Gasteiger partial charge < -0.3 is 4.57 Å². The molecule has 158 valence electrons. The minimum absolute atomic E-state index is 0.0996. The van der Waals surface area contributed by atoms with Crippen molar-refractivity contribution >= 4 is 27.6 Å².